The van der Waals surface area contributed by atoms with Gasteiger partial charge in [-0.25, -0.2) is 0 Å². The average molecular weight is 125 g/mol. The van der Waals surface area contributed by atoms with Crippen molar-refractivity contribution in [2.75, 3.05) is 13.2 Å². The molecule has 0 saturated carbocycles. The van der Waals surface area contributed by atoms with E-state index in [1.54, 1.807) is 0 Å². The fraction of sp³-hybridized carbons (Fsp3) is 0.429. The molecule has 0 amide bonds. The van der Waals surface area contributed by atoms with Gasteiger partial charge in [-0.1, -0.05) is 6.08 Å². The van der Waals surface area contributed by atoms with Crippen LogP contribution in [0.1, 0.15) is 6.92 Å². The van der Waals surface area contributed by atoms with Gasteiger partial charge in [0.1, 0.15) is 6.61 Å². The normalized spacial score (nSPS) is 18.0. The molecule has 0 aromatic carbocycles. The Balaban J connectivity index is 2.59. The smallest absolute Gasteiger partial charge is 0.110 e. The van der Waals surface area contributed by atoms with Crippen molar-refractivity contribution >= 4 is 0 Å². The molecular formula is C7H11NO. The van der Waals surface area contributed by atoms with E-state index in [2.05, 4.69) is 0 Å². The summed E-state index contributed by atoms with van der Waals surface area (Å²) in [6, 6.07) is 0. The zero-order chi connectivity index (χ0) is 6.69. The van der Waals surface area contributed by atoms with E-state index in [0.29, 0.717) is 13.2 Å². The minimum absolute atomic E-state index is 0.601. The number of hydrogen-bond acceptors (Lipinski definition) is 2. The monoisotopic (exact) mass is 125 g/mol. The molecule has 0 atom stereocenters. The number of nitrogens with two attached hydrogens (primary N) is 1. The average Bonchev–Trinajstić information content (AvgIpc) is 1.90. The topological polar surface area (TPSA) is 35.2 Å². The van der Waals surface area contributed by atoms with Gasteiger partial charge in [0.05, 0.1) is 5.76 Å². The van der Waals surface area contributed by atoms with Crippen LogP contribution < -0.4 is 5.73 Å². The summed E-state index contributed by atoms with van der Waals surface area (Å²) in [5, 5.41) is 0. The van der Waals surface area contributed by atoms with E-state index < -0.39 is 0 Å². The first-order valence-electron chi connectivity index (χ1n) is 3.02. The molecule has 0 aromatic heterocycles. The van der Waals surface area contributed by atoms with E-state index in [1.165, 1.54) is 0 Å². The van der Waals surface area contributed by atoms with Crippen molar-refractivity contribution in [3.05, 3.63) is 23.5 Å². The molecule has 1 aliphatic rings. The number of hydrogen-bond donors (Lipinski definition) is 1. The summed E-state index contributed by atoms with van der Waals surface area (Å²) >= 11 is 0. The molecule has 1 heterocycles. The van der Waals surface area contributed by atoms with Crippen molar-refractivity contribution in [2.45, 2.75) is 6.92 Å². The molecule has 9 heavy (non-hydrogen) atoms. The van der Waals surface area contributed by atoms with Gasteiger partial charge in [0.15, 0.2) is 0 Å². The van der Waals surface area contributed by atoms with Crippen LogP contribution in [-0.2, 0) is 4.74 Å². The van der Waals surface area contributed by atoms with E-state index in [0.717, 1.165) is 11.3 Å². The van der Waals surface area contributed by atoms with Crippen molar-refractivity contribution in [1.29, 1.82) is 0 Å². The minimum atomic E-state index is 0.601. The van der Waals surface area contributed by atoms with Gasteiger partial charge < -0.3 is 10.5 Å². The van der Waals surface area contributed by atoms with Gasteiger partial charge in [-0.15, -0.1) is 0 Å². The summed E-state index contributed by atoms with van der Waals surface area (Å²) in [7, 11) is 0. The first kappa shape index (κ1) is 6.36. The Bertz CT molecular complexity index is 158. The van der Waals surface area contributed by atoms with Crippen LogP contribution in [0.2, 0.25) is 0 Å². The standard InChI is InChI=1S/C7H11NO/c1-6-2-3-7(4-8)5-9-6/h2-3H,4-5,8H2,1H3. The molecule has 2 N–H and O–H groups in total. The Morgan fingerprint density at radius 3 is 2.89 bits per heavy atom. The first-order valence-corrected chi connectivity index (χ1v) is 3.02. The maximum absolute atomic E-state index is 5.37. The molecule has 0 bridgehead atoms. The minimum Gasteiger partial charge on any atom is -0.494 e. The molecule has 0 saturated heterocycles. The molecule has 2 nitrogen and oxygen atoms in total. The highest BCUT2D eigenvalue weighted by Gasteiger charge is 1.99. The van der Waals surface area contributed by atoms with Crippen LogP contribution in [0.4, 0.5) is 0 Å². The lowest BCUT2D eigenvalue weighted by Crippen LogP contribution is -2.10. The number of rotatable bonds is 1. The van der Waals surface area contributed by atoms with Gasteiger partial charge in [-0.2, -0.15) is 0 Å². The van der Waals surface area contributed by atoms with E-state index in [-0.39, 0.29) is 0 Å². The molecule has 0 spiro atoms. The Kier molecular flexibility index (Phi) is 1.90. The fourth-order valence-corrected chi connectivity index (χ4v) is 0.665. The van der Waals surface area contributed by atoms with Gasteiger partial charge in [0.2, 0.25) is 0 Å². The highest BCUT2D eigenvalue weighted by atomic mass is 16.5. The molecular weight excluding hydrogens is 114 g/mol. The van der Waals surface area contributed by atoms with Gasteiger partial charge in [0.25, 0.3) is 0 Å². The van der Waals surface area contributed by atoms with Crippen LogP contribution in [0.25, 0.3) is 0 Å². The van der Waals surface area contributed by atoms with Gasteiger partial charge in [-0.05, 0) is 18.6 Å². The van der Waals surface area contributed by atoms with Gasteiger partial charge >= 0.3 is 0 Å². The first-order chi connectivity index (χ1) is 4.33. The zero-order valence-electron chi connectivity index (χ0n) is 5.55. The SMILES string of the molecule is CC1=CC=C(CN)CO1. The Morgan fingerprint density at radius 2 is 2.44 bits per heavy atom. The van der Waals surface area contributed by atoms with Gasteiger partial charge in [0, 0.05) is 6.54 Å². The van der Waals surface area contributed by atoms with Crippen molar-refractivity contribution in [1.82, 2.24) is 0 Å². The van der Waals surface area contributed by atoms with Crippen LogP contribution in [0.3, 0.4) is 0 Å². The fourth-order valence-electron chi connectivity index (χ4n) is 0.665. The molecule has 0 unspecified atom stereocenters. The van der Waals surface area contributed by atoms with Crippen LogP contribution >= 0.6 is 0 Å². The molecule has 0 aromatic rings. The lowest BCUT2D eigenvalue weighted by Gasteiger charge is -2.11. The third kappa shape index (κ3) is 1.57. The van der Waals surface area contributed by atoms with Gasteiger partial charge in [-0.3, -0.25) is 0 Å². The largest absolute Gasteiger partial charge is 0.494 e. The summed E-state index contributed by atoms with van der Waals surface area (Å²) in [5.41, 5.74) is 6.52. The molecule has 1 rings (SSSR count). The lowest BCUT2D eigenvalue weighted by molar-refractivity contribution is 0.236. The molecule has 50 valence electrons. The zero-order valence-corrected chi connectivity index (χ0v) is 5.55. The quantitative estimate of drug-likeness (QED) is 0.562. The predicted octanol–water partition coefficient (Wildman–Crippen LogP) is 0.806. The Hall–Kier alpha value is -0.760. The predicted molar refractivity (Wildman–Crippen MR) is 36.8 cm³/mol. The maximum atomic E-state index is 5.37. The second-order valence-electron chi connectivity index (χ2n) is 2.10. The second kappa shape index (κ2) is 2.69. The molecule has 1 aliphatic heterocycles. The van der Waals surface area contributed by atoms with E-state index >= 15 is 0 Å². The van der Waals surface area contributed by atoms with E-state index in [4.69, 9.17) is 10.5 Å². The number of ether oxygens (including phenoxy) is 1. The summed E-state index contributed by atoms with van der Waals surface area (Å²) in [6.45, 7) is 3.20. The van der Waals surface area contributed by atoms with Crippen LogP contribution in [0, 0.1) is 0 Å². The molecule has 0 fully saturated rings. The van der Waals surface area contributed by atoms with Crippen LogP contribution in [0.15, 0.2) is 23.5 Å². The molecule has 0 aliphatic carbocycles. The third-order valence-corrected chi connectivity index (χ3v) is 1.30. The van der Waals surface area contributed by atoms with Crippen molar-refractivity contribution < 1.29 is 4.74 Å². The van der Waals surface area contributed by atoms with Crippen LogP contribution in [0.5, 0.6) is 0 Å². The van der Waals surface area contributed by atoms with Crippen molar-refractivity contribution in [3.63, 3.8) is 0 Å². The number of allylic oxidation sites excluding steroid dienone is 3. The third-order valence-electron chi connectivity index (χ3n) is 1.30. The Morgan fingerprint density at radius 1 is 1.67 bits per heavy atom. The second-order valence-corrected chi connectivity index (χ2v) is 2.10. The van der Waals surface area contributed by atoms with Crippen LogP contribution in [-0.4, -0.2) is 13.2 Å². The lowest BCUT2D eigenvalue weighted by atomic mass is 10.2. The van der Waals surface area contributed by atoms with Crippen molar-refractivity contribution in [2.24, 2.45) is 5.73 Å². The van der Waals surface area contributed by atoms with Crippen molar-refractivity contribution in [3.8, 4) is 0 Å². The molecule has 0 radical (unpaired) electrons. The highest BCUT2D eigenvalue weighted by Crippen LogP contribution is 2.07. The van der Waals surface area contributed by atoms with E-state index in [1.807, 2.05) is 19.1 Å². The summed E-state index contributed by atoms with van der Waals surface area (Å²) < 4.78 is 5.19. The highest BCUT2D eigenvalue weighted by molar-refractivity contribution is 5.19. The molecule has 2 heteroatoms. The maximum Gasteiger partial charge on any atom is 0.110 e. The summed E-state index contributed by atoms with van der Waals surface area (Å²) in [6.07, 6.45) is 3.95. The summed E-state index contributed by atoms with van der Waals surface area (Å²) in [5.74, 6) is 0.965. The Labute approximate surface area is 55.0 Å². The van der Waals surface area contributed by atoms with E-state index in [9.17, 15) is 0 Å². The summed E-state index contributed by atoms with van der Waals surface area (Å²) in [4.78, 5) is 0.